The van der Waals surface area contributed by atoms with Gasteiger partial charge >= 0.3 is 0 Å². The average Bonchev–Trinajstić information content (AvgIpc) is 2.47. The van der Waals surface area contributed by atoms with Crippen molar-refractivity contribution in [1.29, 1.82) is 0 Å². The van der Waals surface area contributed by atoms with Gasteiger partial charge in [-0.3, -0.25) is 5.01 Å². The van der Waals surface area contributed by atoms with Gasteiger partial charge in [-0.2, -0.15) is 5.10 Å². The topological polar surface area (TPSA) is 24.8 Å². The van der Waals surface area contributed by atoms with Crippen molar-refractivity contribution in [3.05, 3.63) is 35.9 Å². The minimum atomic E-state index is -0.159. The summed E-state index contributed by atoms with van der Waals surface area (Å²) in [7, 11) is 1.84. The van der Waals surface area contributed by atoms with Crippen LogP contribution in [-0.4, -0.2) is 17.3 Å². The lowest BCUT2D eigenvalue weighted by atomic mass is 10.2. The Bertz CT molecular complexity index is 326. The summed E-state index contributed by atoms with van der Waals surface area (Å²) < 4.78 is 5.35. The Morgan fingerprint density at radius 3 is 2.62 bits per heavy atom. The number of hydrazone groups is 1. The van der Waals surface area contributed by atoms with E-state index in [1.807, 2.05) is 37.4 Å². The van der Waals surface area contributed by atoms with Gasteiger partial charge in [0.15, 0.2) is 0 Å². The SMILES string of the molecule is CN1N=C([S-])OC1c1ccccc1. The Labute approximate surface area is 82.4 Å². The molecule has 1 aliphatic heterocycles. The van der Waals surface area contributed by atoms with Crippen LogP contribution in [0, 0.1) is 0 Å². The lowest BCUT2D eigenvalue weighted by Crippen LogP contribution is -2.15. The highest BCUT2D eigenvalue weighted by Crippen LogP contribution is 2.25. The van der Waals surface area contributed by atoms with E-state index in [4.69, 9.17) is 17.4 Å². The molecule has 3 nitrogen and oxygen atoms in total. The number of nitrogens with zero attached hydrogens (tertiary/aromatic N) is 2. The number of rotatable bonds is 1. The van der Waals surface area contributed by atoms with Crippen LogP contribution in [0.1, 0.15) is 11.8 Å². The van der Waals surface area contributed by atoms with E-state index in [1.54, 1.807) is 5.01 Å². The molecule has 0 fully saturated rings. The monoisotopic (exact) mass is 193 g/mol. The molecule has 1 atom stereocenters. The molecule has 1 aromatic rings. The molecule has 2 rings (SSSR count). The predicted molar refractivity (Wildman–Crippen MR) is 52.8 cm³/mol. The molecule has 0 N–H and O–H groups in total. The van der Waals surface area contributed by atoms with Gasteiger partial charge in [-0.25, -0.2) is 0 Å². The van der Waals surface area contributed by atoms with Crippen LogP contribution in [0.25, 0.3) is 0 Å². The summed E-state index contributed by atoms with van der Waals surface area (Å²) in [5, 5.41) is 6.01. The van der Waals surface area contributed by atoms with Crippen molar-refractivity contribution in [2.75, 3.05) is 7.05 Å². The quantitative estimate of drug-likeness (QED) is 0.631. The molecule has 0 saturated heterocycles. The van der Waals surface area contributed by atoms with Gasteiger partial charge in [0.2, 0.25) is 6.23 Å². The minimum Gasteiger partial charge on any atom is -0.720 e. The smallest absolute Gasteiger partial charge is 0.212 e. The van der Waals surface area contributed by atoms with Gasteiger partial charge in [-0.1, -0.05) is 30.3 Å². The van der Waals surface area contributed by atoms with Crippen LogP contribution in [0.2, 0.25) is 0 Å². The molecule has 1 unspecified atom stereocenters. The highest BCUT2D eigenvalue weighted by atomic mass is 32.1. The predicted octanol–water partition coefficient (Wildman–Crippen LogP) is 1.47. The summed E-state index contributed by atoms with van der Waals surface area (Å²) in [5.41, 5.74) is 1.06. The van der Waals surface area contributed by atoms with Gasteiger partial charge in [0, 0.05) is 12.6 Å². The van der Waals surface area contributed by atoms with E-state index in [0.717, 1.165) is 5.56 Å². The maximum atomic E-state index is 5.35. The summed E-state index contributed by atoms with van der Waals surface area (Å²) >= 11 is 4.84. The molecule has 1 heterocycles. The van der Waals surface area contributed by atoms with Gasteiger partial charge in [0.1, 0.15) is 0 Å². The van der Waals surface area contributed by atoms with Crippen LogP contribution in [0.3, 0.4) is 0 Å². The van der Waals surface area contributed by atoms with Crippen LogP contribution in [0.4, 0.5) is 0 Å². The Kier molecular flexibility index (Phi) is 2.06. The maximum absolute atomic E-state index is 5.35. The second kappa shape index (κ2) is 3.22. The van der Waals surface area contributed by atoms with E-state index in [2.05, 4.69) is 5.10 Å². The fraction of sp³-hybridized carbons (Fsp3) is 0.222. The molecule has 1 aliphatic rings. The molecule has 68 valence electrons. The van der Waals surface area contributed by atoms with Crippen LogP contribution < -0.4 is 0 Å². The third-order valence-corrected chi connectivity index (χ3v) is 2.05. The molecule has 13 heavy (non-hydrogen) atoms. The second-order valence-corrected chi connectivity index (χ2v) is 3.17. The molecule has 4 heteroatoms. The van der Waals surface area contributed by atoms with Gasteiger partial charge < -0.3 is 17.4 Å². The molecule has 1 aromatic carbocycles. The lowest BCUT2D eigenvalue weighted by Gasteiger charge is -2.18. The maximum Gasteiger partial charge on any atom is 0.212 e. The zero-order chi connectivity index (χ0) is 9.26. The summed E-state index contributed by atoms with van der Waals surface area (Å²) in [5.74, 6) is 0. The van der Waals surface area contributed by atoms with E-state index in [9.17, 15) is 0 Å². The highest BCUT2D eigenvalue weighted by Gasteiger charge is 2.20. The van der Waals surface area contributed by atoms with Crippen molar-refractivity contribution in [2.45, 2.75) is 6.23 Å². The standard InChI is InChI=1S/C9H10N2OS/c1-11-8(12-9(13)10-11)7-5-3-2-4-6-7/h2-6,8H,1H3,(H,10,13)/p-1. The van der Waals surface area contributed by atoms with Crippen molar-refractivity contribution in [3.63, 3.8) is 0 Å². The van der Waals surface area contributed by atoms with E-state index in [0.29, 0.717) is 5.23 Å². The number of hydrogen-bond donors (Lipinski definition) is 0. The fourth-order valence-corrected chi connectivity index (χ4v) is 1.50. The molecule has 0 saturated carbocycles. The first-order valence-electron chi connectivity index (χ1n) is 3.97. The van der Waals surface area contributed by atoms with Crippen LogP contribution in [0.15, 0.2) is 35.4 Å². The largest absolute Gasteiger partial charge is 0.720 e. The molecule has 0 aromatic heterocycles. The van der Waals surface area contributed by atoms with E-state index in [1.165, 1.54) is 0 Å². The summed E-state index contributed by atoms with van der Waals surface area (Å²) in [6.45, 7) is 0. The third-order valence-electron chi connectivity index (χ3n) is 1.88. The van der Waals surface area contributed by atoms with Crippen molar-refractivity contribution < 1.29 is 4.74 Å². The van der Waals surface area contributed by atoms with Crippen molar-refractivity contribution >= 4 is 17.9 Å². The number of ether oxygens (including phenoxy) is 1. The zero-order valence-electron chi connectivity index (χ0n) is 7.18. The Balaban J connectivity index is 2.21. The normalized spacial score (nSPS) is 21.2. The van der Waals surface area contributed by atoms with Gasteiger partial charge in [-0.05, 0) is 0 Å². The third kappa shape index (κ3) is 1.58. The Hall–Kier alpha value is -1.29. The van der Waals surface area contributed by atoms with E-state index < -0.39 is 0 Å². The first kappa shape index (κ1) is 8.31. The molecular formula is C9H9N2OS-. The molecule has 0 bridgehead atoms. The van der Waals surface area contributed by atoms with Crippen molar-refractivity contribution in [2.24, 2.45) is 5.10 Å². The van der Waals surface area contributed by atoms with E-state index >= 15 is 0 Å². The second-order valence-electron chi connectivity index (χ2n) is 2.82. The molecule has 0 amide bonds. The molecule has 0 radical (unpaired) electrons. The Morgan fingerprint density at radius 2 is 2.08 bits per heavy atom. The zero-order valence-corrected chi connectivity index (χ0v) is 7.99. The summed E-state index contributed by atoms with van der Waals surface area (Å²) in [4.78, 5) is 0. The summed E-state index contributed by atoms with van der Waals surface area (Å²) in [6.07, 6.45) is -0.159. The highest BCUT2D eigenvalue weighted by molar-refractivity contribution is 7.76. The molecule has 0 spiro atoms. The summed E-state index contributed by atoms with van der Waals surface area (Å²) in [6, 6.07) is 9.88. The van der Waals surface area contributed by atoms with Crippen LogP contribution in [-0.2, 0) is 17.4 Å². The van der Waals surface area contributed by atoms with Crippen LogP contribution >= 0.6 is 0 Å². The molecular weight excluding hydrogens is 184 g/mol. The van der Waals surface area contributed by atoms with Crippen LogP contribution in [0.5, 0.6) is 0 Å². The first-order chi connectivity index (χ1) is 6.27. The lowest BCUT2D eigenvalue weighted by molar-refractivity contribution is 0.0800. The average molecular weight is 193 g/mol. The first-order valence-corrected chi connectivity index (χ1v) is 4.38. The van der Waals surface area contributed by atoms with Crippen molar-refractivity contribution in [3.8, 4) is 0 Å². The number of hydrogen-bond acceptors (Lipinski definition) is 4. The van der Waals surface area contributed by atoms with Gasteiger partial charge in [0.05, 0.1) is 5.23 Å². The molecule has 0 aliphatic carbocycles. The van der Waals surface area contributed by atoms with Gasteiger partial charge in [0.25, 0.3) is 0 Å². The van der Waals surface area contributed by atoms with Crippen molar-refractivity contribution in [1.82, 2.24) is 5.01 Å². The Morgan fingerprint density at radius 1 is 1.38 bits per heavy atom. The van der Waals surface area contributed by atoms with E-state index in [-0.39, 0.29) is 6.23 Å². The number of benzene rings is 1. The fourth-order valence-electron chi connectivity index (χ4n) is 1.28. The minimum absolute atomic E-state index is 0.159. The van der Waals surface area contributed by atoms with Gasteiger partial charge in [-0.15, -0.1) is 0 Å².